The molecule has 1 N–H and O–H groups in total. The van der Waals surface area contributed by atoms with Crippen molar-refractivity contribution in [1.29, 1.82) is 0 Å². The topological polar surface area (TPSA) is 90.1 Å². The fraction of sp³-hybridized carbons (Fsp3) is 0.208. The molecular weight excluding hydrogens is 682 g/mol. The predicted molar refractivity (Wildman–Crippen MR) is 147 cm³/mol. The SMILES string of the molecule is CCOC(=O)C1=C(C)N=c2s/c(=C\c3cc(I)c(O)c(I)c3)c(=O)n2C1c1ccc(OC)cc1. The van der Waals surface area contributed by atoms with Crippen LogP contribution >= 0.6 is 56.5 Å². The standard InChI is InChI=1S/C24H20I2N2O5S/c1-4-33-23(31)19-12(2)27-24-28(20(19)14-5-7-15(32-3)8-6-14)22(30)18(34-24)11-13-9-16(25)21(29)17(26)10-13/h5-11,20,29H,4H2,1-3H3/b18-11-. The van der Waals surface area contributed by atoms with Crippen LogP contribution in [0.3, 0.4) is 0 Å². The maximum absolute atomic E-state index is 13.6. The molecule has 7 nitrogen and oxygen atoms in total. The number of rotatable bonds is 5. The van der Waals surface area contributed by atoms with Gasteiger partial charge in [-0.05, 0) is 100 Å². The quantitative estimate of drug-likeness (QED) is 0.324. The third-order valence-electron chi connectivity index (χ3n) is 5.29. The Bertz CT molecular complexity index is 1470. The molecule has 176 valence electrons. The van der Waals surface area contributed by atoms with E-state index in [2.05, 4.69) is 50.2 Å². The molecule has 0 aliphatic carbocycles. The van der Waals surface area contributed by atoms with E-state index in [4.69, 9.17) is 9.47 Å². The predicted octanol–water partition coefficient (Wildman–Crippen LogP) is 3.72. The Morgan fingerprint density at radius 2 is 1.88 bits per heavy atom. The van der Waals surface area contributed by atoms with Crippen LogP contribution in [-0.4, -0.2) is 29.4 Å². The fourth-order valence-corrected chi connectivity index (χ4v) is 6.58. The van der Waals surface area contributed by atoms with E-state index in [0.717, 1.165) is 11.1 Å². The molecule has 1 aliphatic rings. The van der Waals surface area contributed by atoms with E-state index in [-0.39, 0.29) is 17.9 Å². The van der Waals surface area contributed by atoms with Crippen LogP contribution in [0, 0.1) is 7.14 Å². The van der Waals surface area contributed by atoms with Crippen LogP contribution in [0.15, 0.2) is 57.5 Å². The smallest absolute Gasteiger partial charge is 0.338 e. The van der Waals surface area contributed by atoms with Crippen LogP contribution in [-0.2, 0) is 9.53 Å². The van der Waals surface area contributed by atoms with Gasteiger partial charge in [0.15, 0.2) is 4.80 Å². The van der Waals surface area contributed by atoms with Crippen LogP contribution in [0.4, 0.5) is 0 Å². The number of phenolic OH excluding ortho intramolecular Hbond substituents is 1. The van der Waals surface area contributed by atoms with E-state index in [1.54, 1.807) is 43.7 Å². The number of ether oxygens (including phenoxy) is 2. The first kappa shape index (κ1) is 24.9. The summed E-state index contributed by atoms with van der Waals surface area (Å²) in [5, 5.41) is 10.1. The summed E-state index contributed by atoms with van der Waals surface area (Å²) >= 11 is 5.38. The molecule has 1 unspecified atom stereocenters. The molecule has 1 aliphatic heterocycles. The van der Waals surface area contributed by atoms with Gasteiger partial charge >= 0.3 is 5.97 Å². The van der Waals surface area contributed by atoms with Crippen molar-refractivity contribution in [3.05, 3.63) is 85.6 Å². The number of aromatic nitrogens is 1. The van der Waals surface area contributed by atoms with Crippen LogP contribution in [0.5, 0.6) is 11.5 Å². The molecular formula is C24H20I2N2O5S. The molecule has 2 heterocycles. The number of esters is 1. The number of benzene rings is 2. The highest BCUT2D eigenvalue weighted by atomic mass is 127. The van der Waals surface area contributed by atoms with Gasteiger partial charge in [-0.3, -0.25) is 9.36 Å². The van der Waals surface area contributed by atoms with Crippen LogP contribution < -0.4 is 19.6 Å². The lowest BCUT2D eigenvalue weighted by atomic mass is 9.96. The molecule has 0 spiro atoms. The van der Waals surface area contributed by atoms with E-state index in [9.17, 15) is 14.7 Å². The van der Waals surface area contributed by atoms with Crippen molar-refractivity contribution in [1.82, 2.24) is 4.57 Å². The van der Waals surface area contributed by atoms with Gasteiger partial charge in [-0.1, -0.05) is 23.5 Å². The zero-order valence-electron chi connectivity index (χ0n) is 18.5. The Kier molecular flexibility index (Phi) is 7.48. The third kappa shape index (κ3) is 4.67. The number of thiazole rings is 1. The first-order valence-corrected chi connectivity index (χ1v) is 13.2. The van der Waals surface area contributed by atoms with Crippen molar-refractivity contribution in [3.8, 4) is 11.5 Å². The molecule has 0 fully saturated rings. The van der Waals surface area contributed by atoms with Crippen molar-refractivity contribution >= 4 is 68.6 Å². The second kappa shape index (κ2) is 10.2. The Labute approximate surface area is 226 Å². The van der Waals surface area contributed by atoms with Gasteiger partial charge in [0, 0.05) is 0 Å². The summed E-state index contributed by atoms with van der Waals surface area (Å²) < 4.78 is 14.0. The van der Waals surface area contributed by atoms with Crippen molar-refractivity contribution < 1.29 is 19.4 Å². The van der Waals surface area contributed by atoms with Crippen LogP contribution in [0.1, 0.15) is 31.0 Å². The number of carbonyl (C=O) groups is 1. The molecule has 4 rings (SSSR count). The van der Waals surface area contributed by atoms with Gasteiger partial charge in [0.05, 0.1) is 42.7 Å². The zero-order chi connectivity index (χ0) is 24.6. The number of aromatic hydroxyl groups is 1. The largest absolute Gasteiger partial charge is 0.506 e. The Hall–Kier alpha value is -2.19. The zero-order valence-corrected chi connectivity index (χ0v) is 23.6. The number of fused-ring (bicyclic) bond motifs is 1. The van der Waals surface area contributed by atoms with Gasteiger partial charge in [-0.2, -0.15) is 0 Å². The van der Waals surface area contributed by atoms with Crippen molar-refractivity contribution in [2.24, 2.45) is 4.99 Å². The third-order valence-corrected chi connectivity index (χ3v) is 7.91. The molecule has 1 atom stereocenters. The number of methoxy groups -OCH3 is 1. The minimum absolute atomic E-state index is 0.216. The number of phenols is 1. The monoisotopic (exact) mass is 702 g/mol. The van der Waals surface area contributed by atoms with Gasteiger partial charge in [0.1, 0.15) is 11.5 Å². The maximum atomic E-state index is 13.6. The van der Waals surface area contributed by atoms with E-state index in [1.807, 2.05) is 24.3 Å². The number of nitrogens with zero attached hydrogens (tertiary/aromatic N) is 2. The van der Waals surface area contributed by atoms with E-state index >= 15 is 0 Å². The van der Waals surface area contributed by atoms with Gasteiger partial charge in [-0.15, -0.1) is 0 Å². The van der Waals surface area contributed by atoms with Crippen molar-refractivity contribution in [2.45, 2.75) is 19.9 Å². The van der Waals surface area contributed by atoms with E-state index in [0.29, 0.717) is 33.5 Å². The average molecular weight is 702 g/mol. The summed E-state index contributed by atoms with van der Waals surface area (Å²) in [6.45, 7) is 3.71. The molecule has 1 aromatic heterocycles. The summed E-state index contributed by atoms with van der Waals surface area (Å²) in [6.07, 6.45) is 1.78. The van der Waals surface area contributed by atoms with Gasteiger partial charge in [0.25, 0.3) is 5.56 Å². The number of hydrogen-bond donors (Lipinski definition) is 1. The van der Waals surface area contributed by atoms with E-state index in [1.165, 1.54) is 11.3 Å². The van der Waals surface area contributed by atoms with Crippen LogP contribution in [0.25, 0.3) is 6.08 Å². The Balaban J connectivity index is 1.95. The molecule has 2 aromatic carbocycles. The molecule has 34 heavy (non-hydrogen) atoms. The van der Waals surface area contributed by atoms with Gasteiger partial charge in [0.2, 0.25) is 0 Å². The highest BCUT2D eigenvalue weighted by Gasteiger charge is 2.33. The van der Waals surface area contributed by atoms with E-state index < -0.39 is 12.0 Å². The van der Waals surface area contributed by atoms with Crippen LogP contribution in [0.2, 0.25) is 0 Å². The lowest BCUT2D eigenvalue weighted by Gasteiger charge is -2.24. The first-order chi connectivity index (χ1) is 16.2. The normalized spacial score (nSPS) is 15.7. The summed E-state index contributed by atoms with van der Waals surface area (Å²) in [7, 11) is 1.58. The Morgan fingerprint density at radius 3 is 2.47 bits per heavy atom. The molecule has 10 heteroatoms. The maximum Gasteiger partial charge on any atom is 0.338 e. The molecule has 3 aromatic rings. The highest BCUT2D eigenvalue weighted by molar-refractivity contribution is 14.1. The second-order valence-electron chi connectivity index (χ2n) is 7.41. The van der Waals surface area contributed by atoms with Crippen molar-refractivity contribution in [3.63, 3.8) is 0 Å². The summed E-state index contributed by atoms with van der Waals surface area (Å²) in [4.78, 5) is 31.6. The highest BCUT2D eigenvalue weighted by Crippen LogP contribution is 2.32. The fourth-order valence-electron chi connectivity index (χ4n) is 3.71. The number of hydrogen-bond acceptors (Lipinski definition) is 7. The first-order valence-electron chi connectivity index (χ1n) is 10.3. The molecule has 0 bridgehead atoms. The second-order valence-corrected chi connectivity index (χ2v) is 10.7. The molecule has 0 saturated heterocycles. The average Bonchev–Trinajstić information content (AvgIpc) is 3.11. The molecule has 0 amide bonds. The number of allylic oxidation sites excluding steroid dienone is 1. The Morgan fingerprint density at radius 1 is 1.24 bits per heavy atom. The van der Waals surface area contributed by atoms with Gasteiger partial charge < -0.3 is 14.6 Å². The lowest BCUT2D eigenvalue weighted by molar-refractivity contribution is -0.139. The number of carbonyl (C=O) groups excluding carboxylic acids is 1. The number of halogens is 2. The summed E-state index contributed by atoms with van der Waals surface area (Å²) in [5.74, 6) is 0.390. The minimum Gasteiger partial charge on any atom is -0.506 e. The summed E-state index contributed by atoms with van der Waals surface area (Å²) in [6, 6.07) is 10.2. The lowest BCUT2D eigenvalue weighted by Crippen LogP contribution is -2.39. The summed E-state index contributed by atoms with van der Waals surface area (Å²) in [5.41, 5.74) is 2.14. The minimum atomic E-state index is -0.677. The molecule has 0 radical (unpaired) electrons. The van der Waals surface area contributed by atoms with Gasteiger partial charge in [-0.25, -0.2) is 9.79 Å². The molecule has 0 saturated carbocycles. The van der Waals surface area contributed by atoms with Crippen molar-refractivity contribution in [2.75, 3.05) is 13.7 Å².